The number of nitrogens with one attached hydrogen (secondary N) is 1. The first-order chi connectivity index (χ1) is 30.2. The van der Waals surface area contributed by atoms with Crippen molar-refractivity contribution in [3.05, 3.63) is 217 Å². The highest BCUT2D eigenvalue weighted by molar-refractivity contribution is 6.36. The summed E-state index contributed by atoms with van der Waals surface area (Å²) in [7, 11) is 0. The lowest BCUT2D eigenvalue weighted by Gasteiger charge is -2.40. The Balaban J connectivity index is 1.12. The first-order valence-electron chi connectivity index (χ1n) is 21.8. The predicted molar refractivity (Wildman–Crippen MR) is 254 cm³/mol. The van der Waals surface area contributed by atoms with E-state index in [0.29, 0.717) is 5.92 Å². The summed E-state index contributed by atoms with van der Waals surface area (Å²) in [5, 5.41) is 17.1. The largest absolute Gasteiger partial charge is 0.330 e. The van der Waals surface area contributed by atoms with Gasteiger partial charge in [0.1, 0.15) is 6.04 Å². The quantitative estimate of drug-likeness (QED) is 0.174. The molecule has 6 atom stereocenters. The Hall–Kier alpha value is -6.98. The van der Waals surface area contributed by atoms with E-state index in [1.165, 1.54) is 87.8 Å². The van der Waals surface area contributed by atoms with Gasteiger partial charge in [-0.3, -0.25) is 4.57 Å². The molecule has 4 aliphatic rings. The van der Waals surface area contributed by atoms with Crippen LogP contribution in [-0.2, 0) is 0 Å². The highest BCUT2D eigenvalue weighted by atomic mass is 15.4. The highest BCUT2D eigenvalue weighted by Gasteiger charge is 2.48. The predicted octanol–water partition coefficient (Wildman–Crippen LogP) is 12.5. The molecule has 0 saturated carbocycles. The van der Waals surface area contributed by atoms with Crippen molar-refractivity contribution in [2.75, 3.05) is 4.90 Å². The minimum Gasteiger partial charge on any atom is -0.330 e. The van der Waals surface area contributed by atoms with E-state index in [0.717, 1.165) is 0 Å². The van der Waals surface area contributed by atoms with Gasteiger partial charge in [-0.05, 0) is 75.5 Å². The van der Waals surface area contributed by atoms with Gasteiger partial charge in [0.25, 0.3) is 0 Å². The standard InChI is InChI=1S/C57H44N4/c1-57-34-15-14-28-48(57)45-27-16-26-41(54(45)61(57)39-20-6-3-7-21-39)38-31-33-50-47(35-38)52-51-40-22-9-8-17-36(40)30-32-43(51)42-23-10-11-24-44(42)55(52)60(50)56-58-49-29-13-12-25-46(49)53(59-56)37-18-4-2-5-19-37/h2-35,46,48-49,53,56,58-59H,1H3/p+1. The summed E-state index contributed by atoms with van der Waals surface area (Å²) >= 11 is 0. The molecule has 3 N–H and O–H groups in total. The molecule has 6 unspecified atom stereocenters. The van der Waals surface area contributed by atoms with Crippen LogP contribution < -0.4 is 15.5 Å². The molecule has 4 nitrogen and oxygen atoms in total. The fourth-order valence-corrected chi connectivity index (χ4v) is 11.7. The number of allylic oxidation sites excluding steroid dienone is 4. The molecule has 0 bridgehead atoms. The number of anilines is 2. The zero-order valence-corrected chi connectivity index (χ0v) is 34.0. The van der Waals surface area contributed by atoms with E-state index in [9.17, 15) is 0 Å². The third-order valence-corrected chi connectivity index (χ3v) is 14.4. The number of quaternary nitrogens is 1. The third-order valence-electron chi connectivity index (χ3n) is 14.4. The van der Waals surface area contributed by atoms with Gasteiger partial charge in [0.15, 0.2) is 0 Å². The summed E-state index contributed by atoms with van der Waals surface area (Å²) in [6, 6.07) is 59.4. The lowest BCUT2D eigenvalue weighted by atomic mass is 9.80. The molecule has 0 amide bonds. The molecular weight excluding hydrogens is 741 g/mol. The van der Waals surface area contributed by atoms with Gasteiger partial charge in [0.05, 0.1) is 34.2 Å². The van der Waals surface area contributed by atoms with Crippen LogP contribution in [0.5, 0.6) is 0 Å². The molecule has 0 radical (unpaired) electrons. The Morgan fingerprint density at radius 3 is 2.21 bits per heavy atom. The van der Waals surface area contributed by atoms with Crippen LogP contribution in [0.3, 0.4) is 0 Å². The van der Waals surface area contributed by atoms with Crippen LogP contribution in [0.15, 0.2) is 206 Å². The number of nitrogens with two attached hydrogens (primary N) is 1. The number of fused-ring (bicyclic) bond motifs is 14. The molecule has 4 heteroatoms. The van der Waals surface area contributed by atoms with Gasteiger partial charge >= 0.3 is 0 Å². The second-order valence-electron chi connectivity index (χ2n) is 17.6. The normalized spacial score (nSPS) is 24.0. The molecule has 8 aromatic carbocycles. The maximum Gasteiger partial charge on any atom is 0.225 e. The Bertz CT molecular complexity index is 3370. The zero-order valence-electron chi connectivity index (χ0n) is 34.0. The lowest BCUT2D eigenvalue weighted by Crippen LogP contribution is -2.98. The van der Waals surface area contributed by atoms with Crippen molar-refractivity contribution in [3.63, 3.8) is 0 Å². The van der Waals surface area contributed by atoms with Crippen LogP contribution in [0.25, 0.3) is 65.3 Å². The van der Waals surface area contributed by atoms with Crippen LogP contribution in [-0.4, -0.2) is 16.1 Å². The van der Waals surface area contributed by atoms with E-state index in [1.54, 1.807) is 0 Å². The van der Waals surface area contributed by atoms with Gasteiger partial charge in [-0.25, -0.2) is 5.32 Å². The molecule has 1 saturated heterocycles. The fraction of sp³-hybridized carbons (Fsp3) is 0.123. The zero-order chi connectivity index (χ0) is 40.2. The Morgan fingerprint density at radius 2 is 1.34 bits per heavy atom. The third kappa shape index (κ3) is 5.01. The van der Waals surface area contributed by atoms with Gasteiger partial charge in [0, 0.05) is 38.7 Å². The van der Waals surface area contributed by atoms with Crippen LogP contribution >= 0.6 is 0 Å². The molecular formula is C57H45N4+. The van der Waals surface area contributed by atoms with Crippen molar-refractivity contribution in [1.82, 2.24) is 9.88 Å². The Kier molecular flexibility index (Phi) is 7.57. The number of benzene rings is 8. The highest BCUT2D eigenvalue weighted by Crippen LogP contribution is 2.57. The molecule has 1 fully saturated rings. The number of hydrogen-bond acceptors (Lipinski definition) is 2. The van der Waals surface area contributed by atoms with Gasteiger partial charge in [-0.1, -0.05) is 176 Å². The van der Waals surface area contributed by atoms with Crippen molar-refractivity contribution < 1.29 is 5.32 Å². The van der Waals surface area contributed by atoms with E-state index in [1.807, 2.05) is 0 Å². The maximum absolute atomic E-state index is 4.25. The SMILES string of the molecule is CC12C=CC=CC1c1cccc(-c3ccc4c(c3)c3c5c6ccccc6ccc5c5ccccc5c3n4C3NC(c4ccccc4)C4C=CC=CC4[NH2+]3)c1N2c1ccccc1. The van der Waals surface area contributed by atoms with Gasteiger partial charge in [-0.2, -0.15) is 0 Å². The average molecular weight is 786 g/mol. The van der Waals surface area contributed by atoms with Crippen LogP contribution in [0.1, 0.15) is 36.3 Å². The fourth-order valence-electron chi connectivity index (χ4n) is 11.7. The maximum atomic E-state index is 4.25. The monoisotopic (exact) mass is 785 g/mol. The minimum atomic E-state index is -0.235. The van der Waals surface area contributed by atoms with E-state index in [-0.39, 0.29) is 29.8 Å². The van der Waals surface area contributed by atoms with Crippen molar-refractivity contribution in [2.24, 2.45) is 5.92 Å². The van der Waals surface area contributed by atoms with Gasteiger partial charge in [-0.15, -0.1) is 0 Å². The first-order valence-corrected chi connectivity index (χ1v) is 21.8. The summed E-state index contributed by atoms with van der Waals surface area (Å²) in [5.74, 6) is 0.561. The number of nitrogens with zero attached hydrogens (tertiary/aromatic N) is 2. The second-order valence-corrected chi connectivity index (χ2v) is 17.6. The number of hydrogen-bond donors (Lipinski definition) is 2. The molecule has 61 heavy (non-hydrogen) atoms. The van der Waals surface area contributed by atoms with Crippen molar-refractivity contribution in [1.29, 1.82) is 0 Å². The van der Waals surface area contributed by atoms with E-state index in [2.05, 4.69) is 233 Å². The summed E-state index contributed by atoms with van der Waals surface area (Å²) < 4.78 is 2.65. The summed E-state index contributed by atoms with van der Waals surface area (Å²) in [6.07, 6.45) is 18.4. The first kappa shape index (κ1) is 34.8. The number of aromatic nitrogens is 1. The summed E-state index contributed by atoms with van der Waals surface area (Å²) in [5.41, 5.74) is 9.94. The van der Waals surface area contributed by atoms with Crippen molar-refractivity contribution in [3.8, 4) is 11.1 Å². The van der Waals surface area contributed by atoms with Crippen molar-refractivity contribution >= 4 is 65.5 Å². The molecule has 0 spiro atoms. The summed E-state index contributed by atoms with van der Waals surface area (Å²) in [6.45, 7) is 2.39. The second kappa shape index (κ2) is 13.3. The minimum absolute atomic E-state index is 0.0690. The summed E-state index contributed by atoms with van der Waals surface area (Å²) in [4.78, 5) is 2.60. The van der Waals surface area contributed by atoms with Gasteiger partial charge < -0.3 is 10.2 Å². The van der Waals surface area contributed by atoms with E-state index < -0.39 is 0 Å². The molecule has 3 heterocycles. The van der Waals surface area contributed by atoms with Crippen LogP contribution in [0.2, 0.25) is 0 Å². The molecule has 1 aromatic heterocycles. The topological polar surface area (TPSA) is 36.8 Å². The Morgan fingerprint density at radius 1 is 0.590 bits per heavy atom. The van der Waals surface area contributed by atoms with Crippen LogP contribution in [0.4, 0.5) is 11.4 Å². The van der Waals surface area contributed by atoms with Gasteiger partial charge in [0.2, 0.25) is 6.29 Å². The molecule has 2 aliphatic carbocycles. The van der Waals surface area contributed by atoms with E-state index >= 15 is 0 Å². The average Bonchev–Trinajstić information content (AvgIpc) is 3.81. The molecule has 13 rings (SSSR count). The number of para-hydroxylation sites is 2. The molecule has 292 valence electrons. The van der Waals surface area contributed by atoms with Crippen LogP contribution in [0, 0.1) is 5.92 Å². The molecule has 2 aliphatic heterocycles. The lowest BCUT2D eigenvalue weighted by molar-refractivity contribution is -0.752. The smallest absolute Gasteiger partial charge is 0.225 e. The molecule has 9 aromatic rings. The number of rotatable bonds is 4. The Labute approximate surface area is 355 Å². The van der Waals surface area contributed by atoms with Crippen molar-refractivity contribution in [2.45, 2.75) is 36.8 Å². The van der Waals surface area contributed by atoms with E-state index in [4.69, 9.17) is 0 Å².